The van der Waals surface area contributed by atoms with E-state index in [1.807, 2.05) is 11.4 Å². The van der Waals surface area contributed by atoms with Crippen LogP contribution in [-0.2, 0) is 0 Å². The zero-order valence-corrected chi connectivity index (χ0v) is 10.2. The molecule has 0 saturated heterocycles. The Bertz CT molecular complexity index is 301. The van der Waals surface area contributed by atoms with Gasteiger partial charge in [-0.1, -0.05) is 0 Å². The predicted octanol–water partition coefficient (Wildman–Crippen LogP) is 1.98. The zero-order chi connectivity index (χ0) is 10.4. The van der Waals surface area contributed by atoms with Gasteiger partial charge < -0.3 is 11.1 Å². The first kappa shape index (κ1) is 11.7. The Morgan fingerprint density at radius 1 is 1.57 bits per heavy atom. The van der Waals surface area contributed by atoms with Gasteiger partial charge in [-0.2, -0.15) is 0 Å². The molecule has 5 heteroatoms. The number of halogens is 1. The molecule has 0 saturated carbocycles. The third-order valence-electron chi connectivity index (χ3n) is 1.74. The summed E-state index contributed by atoms with van der Waals surface area (Å²) in [6, 6.07) is 1.87. The van der Waals surface area contributed by atoms with Crippen molar-refractivity contribution in [3.8, 4) is 0 Å². The normalized spacial score (nSPS) is 10.1. The molecule has 0 aromatic carbocycles. The summed E-state index contributed by atoms with van der Waals surface area (Å²) in [4.78, 5) is 12.3. The Balaban J connectivity index is 2.32. The molecule has 0 bridgehead atoms. The van der Waals surface area contributed by atoms with Crippen LogP contribution in [0.3, 0.4) is 0 Å². The molecule has 78 valence electrons. The van der Waals surface area contributed by atoms with E-state index in [9.17, 15) is 4.79 Å². The summed E-state index contributed by atoms with van der Waals surface area (Å²) < 4.78 is 0.860. The van der Waals surface area contributed by atoms with Gasteiger partial charge in [0.2, 0.25) is 0 Å². The molecule has 0 atom stereocenters. The summed E-state index contributed by atoms with van der Waals surface area (Å²) in [5.74, 6) is -0.0103. The van der Waals surface area contributed by atoms with E-state index in [4.69, 9.17) is 5.73 Å². The van der Waals surface area contributed by atoms with Crippen molar-refractivity contribution in [1.29, 1.82) is 0 Å². The summed E-state index contributed by atoms with van der Waals surface area (Å²) in [5.41, 5.74) is 5.35. The minimum absolute atomic E-state index is 0.0103. The third kappa shape index (κ3) is 3.40. The van der Waals surface area contributed by atoms with E-state index in [1.165, 1.54) is 11.3 Å². The van der Waals surface area contributed by atoms with Crippen LogP contribution in [0.1, 0.15) is 22.5 Å². The zero-order valence-electron chi connectivity index (χ0n) is 7.75. The van der Waals surface area contributed by atoms with Crippen molar-refractivity contribution in [3.63, 3.8) is 0 Å². The summed E-state index contributed by atoms with van der Waals surface area (Å²) in [7, 11) is 0. The number of unbranched alkanes of at least 4 members (excludes halogenated alkanes) is 1. The van der Waals surface area contributed by atoms with Crippen LogP contribution in [0.2, 0.25) is 0 Å². The molecule has 0 aliphatic rings. The van der Waals surface area contributed by atoms with Crippen molar-refractivity contribution in [2.75, 3.05) is 13.1 Å². The number of thiophene rings is 1. The Hall–Kier alpha value is -0.390. The van der Waals surface area contributed by atoms with Crippen LogP contribution in [0.15, 0.2) is 15.9 Å². The lowest BCUT2D eigenvalue weighted by atomic mass is 10.3. The van der Waals surface area contributed by atoms with Crippen molar-refractivity contribution in [2.45, 2.75) is 12.8 Å². The lowest BCUT2D eigenvalue weighted by molar-refractivity contribution is 0.0956. The van der Waals surface area contributed by atoms with Gasteiger partial charge in [0.15, 0.2) is 0 Å². The molecule has 1 rings (SSSR count). The van der Waals surface area contributed by atoms with E-state index in [0.717, 1.165) is 22.2 Å². The van der Waals surface area contributed by atoms with Crippen molar-refractivity contribution >= 4 is 33.2 Å². The van der Waals surface area contributed by atoms with Crippen molar-refractivity contribution in [2.24, 2.45) is 5.73 Å². The van der Waals surface area contributed by atoms with Crippen LogP contribution in [0.5, 0.6) is 0 Å². The number of carbonyl (C=O) groups is 1. The molecule has 0 fully saturated rings. The number of carbonyl (C=O) groups excluding carboxylic acids is 1. The van der Waals surface area contributed by atoms with E-state index in [0.29, 0.717) is 13.1 Å². The molecule has 1 aromatic rings. The summed E-state index contributed by atoms with van der Waals surface area (Å²) in [6.07, 6.45) is 1.89. The topological polar surface area (TPSA) is 55.1 Å². The van der Waals surface area contributed by atoms with Gasteiger partial charge in [-0.05, 0) is 46.8 Å². The SMILES string of the molecule is NCCCCNC(=O)c1sccc1Br. The van der Waals surface area contributed by atoms with Gasteiger partial charge in [0.1, 0.15) is 4.88 Å². The van der Waals surface area contributed by atoms with E-state index >= 15 is 0 Å². The van der Waals surface area contributed by atoms with Gasteiger partial charge in [-0.15, -0.1) is 11.3 Å². The lowest BCUT2D eigenvalue weighted by Crippen LogP contribution is -2.24. The Kier molecular flexibility index (Phi) is 5.14. The highest BCUT2D eigenvalue weighted by Gasteiger charge is 2.09. The standard InChI is InChI=1S/C9H13BrN2OS/c10-7-3-6-14-8(7)9(13)12-5-2-1-4-11/h3,6H,1-2,4-5,11H2,(H,12,13). The fourth-order valence-corrected chi connectivity index (χ4v) is 2.47. The minimum Gasteiger partial charge on any atom is -0.351 e. The van der Waals surface area contributed by atoms with E-state index in [2.05, 4.69) is 21.2 Å². The van der Waals surface area contributed by atoms with Gasteiger partial charge in [-0.3, -0.25) is 4.79 Å². The first-order valence-electron chi connectivity index (χ1n) is 4.47. The molecular formula is C9H13BrN2OS. The molecule has 3 N–H and O–H groups in total. The second-order valence-electron chi connectivity index (χ2n) is 2.85. The Morgan fingerprint density at radius 3 is 2.93 bits per heavy atom. The lowest BCUT2D eigenvalue weighted by Gasteiger charge is -2.02. The van der Waals surface area contributed by atoms with Gasteiger partial charge in [-0.25, -0.2) is 0 Å². The maximum absolute atomic E-state index is 11.5. The van der Waals surface area contributed by atoms with Crippen LogP contribution in [0, 0.1) is 0 Å². The summed E-state index contributed by atoms with van der Waals surface area (Å²) >= 11 is 4.76. The van der Waals surface area contributed by atoms with Gasteiger partial charge in [0, 0.05) is 11.0 Å². The second-order valence-corrected chi connectivity index (χ2v) is 4.62. The Labute approximate surface area is 95.8 Å². The van der Waals surface area contributed by atoms with E-state index < -0.39 is 0 Å². The molecule has 0 spiro atoms. The van der Waals surface area contributed by atoms with Crippen LogP contribution in [-0.4, -0.2) is 19.0 Å². The molecule has 1 aromatic heterocycles. The Morgan fingerprint density at radius 2 is 2.36 bits per heavy atom. The highest BCUT2D eigenvalue weighted by molar-refractivity contribution is 9.10. The highest BCUT2D eigenvalue weighted by Crippen LogP contribution is 2.22. The van der Waals surface area contributed by atoms with Crippen molar-refractivity contribution < 1.29 is 4.79 Å². The van der Waals surface area contributed by atoms with Gasteiger partial charge in [0.05, 0.1) is 0 Å². The molecule has 14 heavy (non-hydrogen) atoms. The van der Waals surface area contributed by atoms with Crippen LogP contribution >= 0.6 is 27.3 Å². The average Bonchev–Trinajstić information content (AvgIpc) is 2.59. The maximum Gasteiger partial charge on any atom is 0.262 e. The fraction of sp³-hybridized carbons (Fsp3) is 0.444. The first-order valence-corrected chi connectivity index (χ1v) is 6.14. The smallest absolute Gasteiger partial charge is 0.262 e. The quantitative estimate of drug-likeness (QED) is 0.809. The van der Waals surface area contributed by atoms with Crippen molar-refractivity contribution in [3.05, 3.63) is 20.8 Å². The van der Waals surface area contributed by atoms with Crippen molar-refractivity contribution in [1.82, 2.24) is 5.32 Å². The molecule has 1 heterocycles. The highest BCUT2D eigenvalue weighted by atomic mass is 79.9. The number of amides is 1. The van der Waals surface area contributed by atoms with Crippen LogP contribution in [0.25, 0.3) is 0 Å². The second kappa shape index (κ2) is 6.16. The summed E-state index contributed by atoms with van der Waals surface area (Å²) in [5, 5.41) is 4.73. The largest absolute Gasteiger partial charge is 0.351 e. The number of nitrogens with two attached hydrogens (primary N) is 1. The number of nitrogens with one attached hydrogen (secondary N) is 1. The van der Waals surface area contributed by atoms with E-state index in [-0.39, 0.29) is 5.91 Å². The molecule has 0 radical (unpaired) electrons. The average molecular weight is 277 g/mol. The molecule has 0 aliphatic carbocycles. The minimum atomic E-state index is -0.0103. The molecular weight excluding hydrogens is 264 g/mol. The molecule has 3 nitrogen and oxygen atoms in total. The fourth-order valence-electron chi connectivity index (χ4n) is 1.01. The molecule has 1 amide bonds. The summed E-state index contributed by atoms with van der Waals surface area (Å²) in [6.45, 7) is 1.37. The monoisotopic (exact) mass is 276 g/mol. The van der Waals surface area contributed by atoms with Crippen LogP contribution < -0.4 is 11.1 Å². The van der Waals surface area contributed by atoms with Crippen LogP contribution in [0.4, 0.5) is 0 Å². The third-order valence-corrected chi connectivity index (χ3v) is 3.58. The van der Waals surface area contributed by atoms with Gasteiger partial charge >= 0.3 is 0 Å². The predicted molar refractivity (Wildman–Crippen MR) is 62.6 cm³/mol. The van der Waals surface area contributed by atoms with Gasteiger partial charge in [0.25, 0.3) is 5.91 Å². The maximum atomic E-state index is 11.5. The van der Waals surface area contributed by atoms with E-state index in [1.54, 1.807) is 0 Å². The molecule has 0 aliphatic heterocycles. The molecule has 0 unspecified atom stereocenters. The number of hydrogen-bond donors (Lipinski definition) is 2. The number of rotatable bonds is 5. The first-order chi connectivity index (χ1) is 6.75. The number of hydrogen-bond acceptors (Lipinski definition) is 3.